The fraction of sp³-hybridized carbons (Fsp3) is 0.367. The molecule has 0 radical (unpaired) electrons. The number of thiophene rings is 1. The molecule has 2 unspecified atom stereocenters. The first-order chi connectivity index (χ1) is 18.4. The second kappa shape index (κ2) is 13.1. The summed E-state index contributed by atoms with van der Waals surface area (Å²) >= 11 is 2.95. The Morgan fingerprint density at radius 3 is 2.61 bits per heavy atom. The van der Waals surface area contributed by atoms with Crippen molar-refractivity contribution in [2.75, 3.05) is 17.2 Å². The molecule has 8 heteroatoms. The van der Waals surface area contributed by atoms with Gasteiger partial charge in [-0.25, -0.2) is 4.79 Å². The van der Waals surface area contributed by atoms with Gasteiger partial charge in [0.25, 0.3) is 0 Å². The molecule has 2 aromatic carbocycles. The number of nitrogens with one attached hydrogen (secondary N) is 2. The van der Waals surface area contributed by atoms with E-state index in [1.54, 1.807) is 6.92 Å². The molecule has 0 spiro atoms. The summed E-state index contributed by atoms with van der Waals surface area (Å²) in [6.45, 7) is 6.26. The lowest BCUT2D eigenvalue weighted by molar-refractivity contribution is -0.116. The number of amides is 2. The summed E-state index contributed by atoms with van der Waals surface area (Å²) in [6, 6.07) is 17.1. The molecule has 3 aromatic rings. The minimum absolute atomic E-state index is 0.0920. The highest BCUT2D eigenvalue weighted by molar-refractivity contribution is 8.00. The van der Waals surface area contributed by atoms with Gasteiger partial charge in [-0.1, -0.05) is 50.2 Å². The third kappa shape index (κ3) is 7.05. The van der Waals surface area contributed by atoms with Crippen molar-refractivity contribution in [1.82, 2.24) is 0 Å². The highest BCUT2D eigenvalue weighted by Gasteiger charge is 2.30. The van der Waals surface area contributed by atoms with Crippen LogP contribution in [0.2, 0.25) is 0 Å². The van der Waals surface area contributed by atoms with Crippen LogP contribution in [0.25, 0.3) is 0 Å². The molecule has 1 aliphatic rings. The van der Waals surface area contributed by atoms with Gasteiger partial charge in [0, 0.05) is 15.5 Å². The molecular formula is C30H34N2O4S2. The monoisotopic (exact) mass is 550 g/mol. The minimum Gasteiger partial charge on any atom is -0.462 e. The standard InChI is InChI=1S/C30H34N2O4S2/c1-4-24(37-22-13-9-12-21(18-22)31-26(33)17-20-10-7-6-8-11-20)28(34)32-29-27(30(35)36-5-2)23-15-14-19(3)16-25(23)38-29/h6-13,18-19,24H,4-5,14-17H2,1-3H3,(H,31,33)(H,32,34). The van der Waals surface area contributed by atoms with Crippen molar-refractivity contribution < 1.29 is 19.1 Å². The lowest BCUT2D eigenvalue weighted by atomic mass is 9.88. The molecular weight excluding hydrogens is 516 g/mol. The Morgan fingerprint density at radius 1 is 1.08 bits per heavy atom. The zero-order valence-corrected chi connectivity index (χ0v) is 23.7. The van der Waals surface area contributed by atoms with E-state index in [2.05, 4.69) is 17.6 Å². The number of hydrogen-bond acceptors (Lipinski definition) is 6. The van der Waals surface area contributed by atoms with Gasteiger partial charge in [-0.05, 0) is 67.9 Å². The van der Waals surface area contributed by atoms with Crippen molar-refractivity contribution in [3.63, 3.8) is 0 Å². The van der Waals surface area contributed by atoms with Crippen molar-refractivity contribution in [3.05, 3.63) is 76.2 Å². The van der Waals surface area contributed by atoms with Crippen LogP contribution < -0.4 is 10.6 Å². The van der Waals surface area contributed by atoms with Gasteiger partial charge in [0.1, 0.15) is 5.00 Å². The van der Waals surface area contributed by atoms with E-state index >= 15 is 0 Å². The molecule has 0 bridgehead atoms. The molecule has 2 amide bonds. The maximum absolute atomic E-state index is 13.4. The summed E-state index contributed by atoms with van der Waals surface area (Å²) in [7, 11) is 0. The highest BCUT2D eigenvalue weighted by Crippen LogP contribution is 2.40. The van der Waals surface area contributed by atoms with Crippen LogP contribution in [0.4, 0.5) is 10.7 Å². The van der Waals surface area contributed by atoms with E-state index in [-0.39, 0.29) is 23.0 Å². The van der Waals surface area contributed by atoms with Crippen LogP contribution in [0.5, 0.6) is 0 Å². The van der Waals surface area contributed by atoms with Crippen LogP contribution in [0, 0.1) is 5.92 Å². The number of anilines is 2. The molecule has 1 heterocycles. The average Bonchev–Trinajstić information content (AvgIpc) is 3.24. The summed E-state index contributed by atoms with van der Waals surface area (Å²) in [5, 5.41) is 6.24. The van der Waals surface area contributed by atoms with Crippen LogP contribution in [0.15, 0.2) is 59.5 Å². The Bertz CT molecular complexity index is 1290. The number of esters is 1. The summed E-state index contributed by atoms with van der Waals surface area (Å²) < 4.78 is 5.34. The fourth-order valence-electron chi connectivity index (χ4n) is 4.57. The Hall–Kier alpha value is -3.10. The predicted molar refractivity (Wildman–Crippen MR) is 155 cm³/mol. The van der Waals surface area contributed by atoms with Crippen molar-refractivity contribution in [2.24, 2.45) is 5.92 Å². The molecule has 0 saturated heterocycles. The zero-order chi connectivity index (χ0) is 27.1. The van der Waals surface area contributed by atoms with Crippen LogP contribution in [0.1, 0.15) is 60.0 Å². The van der Waals surface area contributed by atoms with E-state index in [9.17, 15) is 14.4 Å². The van der Waals surface area contributed by atoms with Crippen LogP contribution in [-0.2, 0) is 33.6 Å². The Balaban J connectivity index is 1.45. The molecule has 1 aromatic heterocycles. The molecule has 1 aliphatic carbocycles. The molecule has 0 fully saturated rings. The number of hydrogen-bond donors (Lipinski definition) is 2. The Labute approximate surface area is 232 Å². The largest absolute Gasteiger partial charge is 0.462 e. The average molecular weight is 551 g/mol. The third-order valence-electron chi connectivity index (χ3n) is 6.49. The first-order valence-corrected chi connectivity index (χ1v) is 14.8. The van der Waals surface area contributed by atoms with Crippen molar-refractivity contribution in [2.45, 2.75) is 63.0 Å². The number of thioether (sulfide) groups is 1. The molecule has 6 nitrogen and oxygen atoms in total. The molecule has 38 heavy (non-hydrogen) atoms. The molecule has 0 saturated carbocycles. The zero-order valence-electron chi connectivity index (χ0n) is 22.0. The predicted octanol–water partition coefficient (Wildman–Crippen LogP) is 6.74. The topological polar surface area (TPSA) is 84.5 Å². The number of rotatable bonds is 10. The number of benzene rings is 2. The highest BCUT2D eigenvalue weighted by atomic mass is 32.2. The third-order valence-corrected chi connectivity index (χ3v) is 9.02. The quantitative estimate of drug-likeness (QED) is 0.216. The van der Waals surface area contributed by atoms with Gasteiger partial charge < -0.3 is 15.4 Å². The number of carbonyl (C=O) groups excluding carboxylic acids is 3. The maximum Gasteiger partial charge on any atom is 0.341 e. The second-order valence-electron chi connectivity index (χ2n) is 9.52. The summed E-state index contributed by atoms with van der Waals surface area (Å²) in [5.41, 5.74) is 3.19. The fourth-order valence-corrected chi connectivity index (χ4v) is 6.99. The van der Waals surface area contributed by atoms with E-state index < -0.39 is 0 Å². The van der Waals surface area contributed by atoms with Crippen LogP contribution in [0.3, 0.4) is 0 Å². The van der Waals surface area contributed by atoms with E-state index in [0.29, 0.717) is 41.6 Å². The van der Waals surface area contributed by atoms with Crippen LogP contribution in [-0.4, -0.2) is 29.6 Å². The minimum atomic E-state index is -0.366. The molecule has 200 valence electrons. The summed E-state index contributed by atoms with van der Waals surface area (Å²) in [5.74, 6) is -0.0486. The maximum atomic E-state index is 13.4. The molecule has 0 aliphatic heterocycles. The van der Waals surface area contributed by atoms with E-state index in [0.717, 1.165) is 35.3 Å². The van der Waals surface area contributed by atoms with Gasteiger partial charge in [-0.15, -0.1) is 23.1 Å². The lowest BCUT2D eigenvalue weighted by Crippen LogP contribution is -2.25. The van der Waals surface area contributed by atoms with E-state index in [1.807, 2.05) is 61.5 Å². The molecule has 2 N–H and O–H groups in total. The number of fused-ring (bicyclic) bond motifs is 1. The van der Waals surface area contributed by atoms with Gasteiger partial charge in [-0.3, -0.25) is 9.59 Å². The van der Waals surface area contributed by atoms with Gasteiger partial charge in [0.15, 0.2) is 0 Å². The van der Waals surface area contributed by atoms with E-state index in [4.69, 9.17) is 4.74 Å². The summed E-state index contributed by atoms with van der Waals surface area (Å²) in [6.07, 6.45) is 3.67. The van der Waals surface area contributed by atoms with Crippen molar-refractivity contribution in [3.8, 4) is 0 Å². The number of carbonyl (C=O) groups is 3. The van der Waals surface area contributed by atoms with Crippen LogP contribution >= 0.6 is 23.1 Å². The van der Waals surface area contributed by atoms with Crippen molar-refractivity contribution >= 4 is 51.6 Å². The Kier molecular flexibility index (Phi) is 9.63. The molecule has 4 rings (SSSR count). The second-order valence-corrected chi connectivity index (χ2v) is 11.9. The molecule has 2 atom stereocenters. The summed E-state index contributed by atoms with van der Waals surface area (Å²) in [4.78, 5) is 40.8. The first kappa shape index (κ1) is 27.9. The Morgan fingerprint density at radius 2 is 1.87 bits per heavy atom. The lowest BCUT2D eigenvalue weighted by Gasteiger charge is -2.18. The van der Waals surface area contributed by atoms with Gasteiger partial charge in [0.05, 0.1) is 23.8 Å². The first-order valence-electron chi connectivity index (χ1n) is 13.1. The van der Waals surface area contributed by atoms with Gasteiger partial charge in [0.2, 0.25) is 11.8 Å². The van der Waals surface area contributed by atoms with Crippen molar-refractivity contribution in [1.29, 1.82) is 0 Å². The van der Waals surface area contributed by atoms with Gasteiger partial charge in [-0.2, -0.15) is 0 Å². The normalized spacial score (nSPS) is 15.3. The van der Waals surface area contributed by atoms with Gasteiger partial charge >= 0.3 is 5.97 Å². The SMILES string of the molecule is CCOC(=O)c1c(NC(=O)C(CC)Sc2cccc(NC(=O)Cc3ccccc3)c2)sc2c1CCC(C)C2. The smallest absolute Gasteiger partial charge is 0.341 e. The number of ether oxygens (including phenoxy) is 1. The van der Waals surface area contributed by atoms with E-state index in [1.165, 1.54) is 28.0 Å².